The molecule has 0 unspecified atom stereocenters. The molecule has 2 aromatic rings. The van der Waals surface area contributed by atoms with Crippen molar-refractivity contribution in [2.45, 2.75) is 4.90 Å². The highest BCUT2D eigenvalue weighted by molar-refractivity contribution is 7.90. The largest absolute Gasteiger partial charge is 0.382 e. The van der Waals surface area contributed by atoms with Crippen LogP contribution in [0.5, 0.6) is 0 Å². The van der Waals surface area contributed by atoms with Crippen molar-refractivity contribution in [2.75, 3.05) is 0 Å². The third kappa shape index (κ3) is 3.13. The van der Waals surface area contributed by atoms with Gasteiger partial charge in [0.1, 0.15) is 5.84 Å². The first-order valence-corrected chi connectivity index (χ1v) is 7.23. The Labute approximate surface area is 116 Å². The van der Waals surface area contributed by atoms with Crippen LogP contribution in [0.1, 0.15) is 5.56 Å². The van der Waals surface area contributed by atoms with Crippen molar-refractivity contribution < 1.29 is 8.42 Å². The fourth-order valence-corrected chi connectivity index (χ4v) is 2.69. The Morgan fingerprint density at radius 1 is 1.00 bits per heavy atom. The molecule has 2 rings (SSSR count). The number of nitrogens with two attached hydrogens (primary N) is 1. The van der Waals surface area contributed by atoms with Gasteiger partial charge in [0.25, 0.3) is 10.0 Å². The molecule has 0 fully saturated rings. The highest BCUT2D eigenvalue weighted by Gasteiger charge is 2.14. The van der Waals surface area contributed by atoms with Gasteiger partial charge in [-0.25, -0.2) is 0 Å². The van der Waals surface area contributed by atoms with Crippen LogP contribution in [-0.2, 0) is 10.0 Å². The fraction of sp³-hybridized carbons (Fsp3) is 0. The van der Waals surface area contributed by atoms with E-state index in [2.05, 4.69) is 4.40 Å². The van der Waals surface area contributed by atoms with Crippen LogP contribution in [0, 0.1) is 0 Å². The van der Waals surface area contributed by atoms with Gasteiger partial charge in [-0.3, -0.25) is 0 Å². The molecule has 2 N–H and O–H groups in total. The molecule has 0 aliphatic rings. The second-order valence-corrected chi connectivity index (χ2v) is 5.76. The van der Waals surface area contributed by atoms with Crippen molar-refractivity contribution >= 4 is 27.5 Å². The first-order valence-electron chi connectivity index (χ1n) is 5.41. The Kier molecular flexibility index (Phi) is 3.87. The van der Waals surface area contributed by atoms with Crippen molar-refractivity contribution in [1.82, 2.24) is 0 Å². The summed E-state index contributed by atoms with van der Waals surface area (Å²) in [7, 11) is -3.82. The molecular formula is C13H11ClN2O2S. The predicted octanol–water partition coefficient (Wildman–Crippen LogP) is 2.43. The minimum atomic E-state index is -3.82. The van der Waals surface area contributed by atoms with E-state index in [0.717, 1.165) is 0 Å². The van der Waals surface area contributed by atoms with E-state index in [1.54, 1.807) is 42.5 Å². The molecule has 19 heavy (non-hydrogen) atoms. The predicted molar refractivity (Wildman–Crippen MR) is 75.8 cm³/mol. The van der Waals surface area contributed by atoms with Gasteiger partial charge in [0.2, 0.25) is 0 Å². The van der Waals surface area contributed by atoms with E-state index in [-0.39, 0.29) is 10.7 Å². The number of benzene rings is 2. The summed E-state index contributed by atoms with van der Waals surface area (Å²) in [6, 6.07) is 14.5. The van der Waals surface area contributed by atoms with E-state index in [1.807, 2.05) is 0 Å². The molecule has 0 amide bonds. The number of amidine groups is 1. The van der Waals surface area contributed by atoms with Crippen LogP contribution < -0.4 is 5.73 Å². The first-order chi connectivity index (χ1) is 9.00. The molecule has 0 heterocycles. The SMILES string of the molecule is N/C(=N\S(=O)(=O)c1ccccc1)c1ccccc1Cl. The van der Waals surface area contributed by atoms with Crippen LogP contribution in [0.15, 0.2) is 63.9 Å². The van der Waals surface area contributed by atoms with Gasteiger partial charge in [-0.2, -0.15) is 8.42 Å². The maximum atomic E-state index is 12.0. The summed E-state index contributed by atoms with van der Waals surface area (Å²) in [5.74, 6) is -0.130. The summed E-state index contributed by atoms with van der Waals surface area (Å²) in [4.78, 5) is 0.0880. The minimum absolute atomic E-state index is 0.0880. The third-order valence-electron chi connectivity index (χ3n) is 2.41. The summed E-state index contributed by atoms with van der Waals surface area (Å²) >= 11 is 5.94. The molecule has 0 saturated carbocycles. The molecular weight excluding hydrogens is 284 g/mol. The molecule has 4 nitrogen and oxygen atoms in total. The smallest absolute Gasteiger partial charge is 0.284 e. The van der Waals surface area contributed by atoms with Gasteiger partial charge in [0.05, 0.1) is 9.92 Å². The zero-order valence-electron chi connectivity index (χ0n) is 9.82. The van der Waals surface area contributed by atoms with E-state index in [1.165, 1.54) is 12.1 Å². The van der Waals surface area contributed by atoms with Crippen molar-refractivity contribution in [1.29, 1.82) is 0 Å². The summed E-state index contributed by atoms with van der Waals surface area (Å²) in [5.41, 5.74) is 6.10. The van der Waals surface area contributed by atoms with E-state index in [0.29, 0.717) is 10.6 Å². The van der Waals surface area contributed by atoms with Gasteiger partial charge in [-0.05, 0) is 24.3 Å². The van der Waals surface area contributed by atoms with E-state index in [9.17, 15) is 8.42 Å². The first kappa shape index (κ1) is 13.6. The molecule has 0 atom stereocenters. The second kappa shape index (κ2) is 5.42. The average Bonchev–Trinajstić information content (AvgIpc) is 2.39. The van der Waals surface area contributed by atoms with Crippen LogP contribution >= 0.6 is 11.6 Å². The van der Waals surface area contributed by atoms with E-state index >= 15 is 0 Å². The summed E-state index contributed by atoms with van der Waals surface area (Å²) < 4.78 is 27.6. The molecule has 6 heteroatoms. The number of halogens is 1. The Morgan fingerprint density at radius 3 is 2.21 bits per heavy atom. The lowest BCUT2D eigenvalue weighted by atomic mass is 10.2. The van der Waals surface area contributed by atoms with E-state index < -0.39 is 10.0 Å². The van der Waals surface area contributed by atoms with Gasteiger partial charge in [0, 0.05) is 5.56 Å². The van der Waals surface area contributed by atoms with Crippen molar-refractivity contribution in [3.8, 4) is 0 Å². The molecule has 0 saturated heterocycles. The maximum Gasteiger partial charge on any atom is 0.284 e. The Bertz CT molecular complexity index is 712. The lowest BCUT2D eigenvalue weighted by Crippen LogP contribution is -2.16. The van der Waals surface area contributed by atoms with Crippen LogP contribution in [0.25, 0.3) is 0 Å². The fourth-order valence-electron chi connectivity index (χ4n) is 1.49. The Balaban J connectivity index is 2.45. The quantitative estimate of drug-likeness (QED) is 0.698. The van der Waals surface area contributed by atoms with Crippen LogP contribution in [0.4, 0.5) is 0 Å². The zero-order chi connectivity index (χ0) is 13.9. The molecule has 0 spiro atoms. The highest BCUT2D eigenvalue weighted by atomic mass is 35.5. The van der Waals surface area contributed by atoms with Crippen LogP contribution in [0.2, 0.25) is 5.02 Å². The van der Waals surface area contributed by atoms with E-state index in [4.69, 9.17) is 17.3 Å². The molecule has 0 aliphatic carbocycles. The molecule has 98 valence electrons. The normalized spacial score (nSPS) is 12.4. The number of sulfonamides is 1. The Morgan fingerprint density at radius 2 is 1.58 bits per heavy atom. The highest BCUT2D eigenvalue weighted by Crippen LogP contribution is 2.17. The molecule has 0 radical (unpaired) electrons. The summed E-state index contributed by atoms with van der Waals surface area (Å²) in [6.07, 6.45) is 0. The number of hydrogen-bond acceptors (Lipinski definition) is 2. The van der Waals surface area contributed by atoms with Crippen molar-refractivity contribution in [2.24, 2.45) is 10.1 Å². The maximum absolute atomic E-state index is 12.0. The van der Waals surface area contributed by atoms with Gasteiger partial charge in [0.15, 0.2) is 0 Å². The van der Waals surface area contributed by atoms with Gasteiger partial charge < -0.3 is 5.73 Å². The van der Waals surface area contributed by atoms with Gasteiger partial charge in [-0.1, -0.05) is 41.9 Å². The van der Waals surface area contributed by atoms with Crippen LogP contribution in [-0.4, -0.2) is 14.3 Å². The van der Waals surface area contributed by atoms with Crippen LogP contribution in [0.3, 0.4) is 0 Å². The molecule has 2 aromatic carbocycles. The standard InChI is InChI=1S/C13H11ClN2O2S/c14-12-9-5-4-8-11(12)13(15)16-19(17,18)10-6-2-1-3-7-10/h1-9H,(H2,15,16). The molecule has 0 bridgehead atoms. The lowest BCUT2D eigenvalue weighted by molar-refractivity contribution is 0.598. The number of hydrogen-bond donors (Lipinski definition) is 1. The van der Waals surface area contributed by atoms with Gasteiger partial charge in [-0.15, -0.1) is 4.40 Å². The van der Waals surface area contributed by atoms with Crippen molar-refractivity contribution in [3.63, 3.8) is 0 Å². The monoisotopic (exact) mass is 294 g/mol. The second-order valence-electron chi connectivity index (χ2n) is 3.74. The summed E-state index contributed by atoms with van der Waals surface area (Å²) in [6.45, 7) is 0. The van der Waals surface area contributed by atoms with Gasteiger partial charge >= 0.3 is 0 Å². The average molecular weight is 295 g/mol. The molecule has 0 aliphatic heterocycles. The Hall–Kier alpha value is -1.85. The number of rotatable bonds is 3. The molecule has 0 aromatic heterocycles. The summed E-state index contributed by atoms with van der Waals surface area (Å²) in [5, 5.41) is 0.354. The minimum Gasteiger partial charge on any atom is -0.382 e. The topological polar surface area (TPSA) is 72.5 Å². The third-order valence-corrected chi connectivity index (χ3v) is 4.04. The number of nitrogens with zero attached hydrogens (tertiary/aromatic N) is 1. The van der Waals surface area contributed by atoms with Crippen molar-refractivity contribution in [3.05, 3.63) is 65.2 Å². The lowest BCUT2D eigenvalue weighted by Gasteiger charge is -2.04. The zero-order valence-corrected chi connectivity index (χ0v) is 11.4.